The van der Waals surface area contributed by atoms with Crippen molar-refractivity contribution in [3.8, 4) is 0 Å². The summed E-state index contributed by atoms with van der Waals surface area (Å²) in [6, 6.07) is 8.73. The van der Waals surface area contributed by atoms with Crippen LogP contribution in [-0.4, -0.2) is 26.2 Å². The van der Waals surface area contributed by atoms with Crippen molar-refractivity contribution < 1.29 is 22.7 Å². The molecule has 0 saturated heterocycles. The summed E-state index contributed by atoms with van der Waals surface area (Å²) in [5.41, 5.74) is 0.583. The molecule has 0 aromatic heterocycles. The van der Waals surface area contributed by atoms with E-state index < -0.39 is 15.8 Å². The first-order valence-corrected chi connectivity index (χ1v) is 8.71. The average Bonchev–Trinajstić information content (AvgIpc) is 2.47. The normalized spacial score (nSPS) is 12.9. The molecule has 5 nitrogen and oxygen atoms in total. The number of hydrogen-bond donors (Lipinski definition) is 0. The molecule has 0 unspecified atom stereocenters. The predicted octanol–water partition coefficient (Wildman–Crippen LogP) is 2.85. The Morgan fingerprint density at radius 3 is 2.43 bits per heavy atom. The zero-order chi connectivity index (χ0) is 15.9. The minimum absolute atomic E-state index is 0.132. The molecule has 114 valence electrons. The molecule has 0 spiro atoms. The first-order valence-electron chi connectivity index (χ1n) is 5.88. The van der Waals surface area contributed by atoms with E-state index in [4.69, 9.17) is 4.74 Å². The minimum atomic E-state index is -3.46. The highest BCUT2D eigenvalue weighted by Gasteiger charge is 2.12. The van der Waals surface area contributed by atoms with E-state index in [2.05, 4.69) is 20.7 Å². The largest absolute Gasteiger partial charge is 0.466 e. The Kier molecular flexibility index (Phi) is 6.64. The maximum Gasteiger partial charge on any atom is 0.333 e. The number of methoxy groups -OCH3 is 1. The summed E-state index contributed by atoms with van der Waals surface area (Å²) in [6.07, 6.45) is 1.14. The second kappa shape index (κ2) is 7.99. The number of benzene rings is 1. The Bertz CT molecular complexity index is 647. The molecule has 0 fully saturated rings. The van der Waals surface area contributed by atoms with E-state index in [0.717, 1.165) is 11.5 Å². The zero-order valence-electron chi connectivity index (χ0n) is 11.6. The van der Waals surface area contributed by atoms with Crippen LogP contribution in [-0.2, 0) is 24.1 Å². The summed E-state index contributed by atoms with van der Waals surface area (Å²) in [5.74, 6) is -0.224. The summed E-state index contributed by atoms with van der Waals surface area (Å²) >= 11 is 2.91. The van der Waals surface area contributed by atoms with E-state index in [1.54, 1.807) is 30.3 Å². The van der Waals surface area contributed by atoms with E-state index >= 15 is 0 Å². The number of hydrogen-bond acceptors (Lipinski definition) is 5. The molecule has 21 heavy (non-hydrogen) atoms. The molecule has 0 saturated carbocycles. The van der Waals surface area contributed by atoms with Crippen LogP contribution in [0.2, 0.25) is 0 Å². The molecule has 0 aliphatic heterocycles. The van der Waals surface area contributed by atoms with Gasteiger partial charge >= 0.3 is 5.97 Å². The third-order valence-electron chi connectivity index (χ3n) is 2.29. The van der Waals surface area contributed by atoms with Crippen LogP contribution >= 0.6 is 15.9 Å². The molecule has 0 amide bonds. The van der Waals surface area contributed by atoms with Crippen LogP contribution in [0.15, 0.2) is 47.6 Å². The smallest absolute Gasteiger partial charge is 0.333 e. The molecule has 1 aromatic rings. The van der Waals surface area contributed by atoms with E-state index in [1.807, 2.05) is 0 Å². The first-order chi connectivity index (χ1) is 9.88. The maximum atomic E-state index is 11.7. The molecule has 1 aromatic carbocycles. The predicted molar refractivity (Wildman–Crippen MR) is 84.0 cm³/mol. The lowest BCUT2D eigenvalue weighted by molar-refractivity contribution is -0.135. The van der Waals surface area contributed by atoms with Gasteiger partial charge in [0.25, 0.3) is 0 Å². The van der Waals surface area contributed by atoms with Crippen LogP contribution in [0.1, 0.15) is 12.5 Å². The number of alkyl halides is 1. The van der Waals surface area contributed by atoms with Crippen LogP contribution < -0.4 is 0 Å². The number of esters is 1. The van der Waals surface area contributed by atoms with Gasteiger partial charge in [0.2, 0.25) is 0 Å². The molecule has 0 atom stereocenters. The molecular formula is C14H15BrO5S. The molecule has 0 heterocycles. The van der Waals surface area contributed by atoms with Crippen molar-refractivity contribution in [3.63, 3.8) is 0 Å². The number of allylic oxidation sites excluding steroid dienone is 1. The standard InChI is InChI=1S/C14H15BrO5S/c1-11(8-14(16)19-2)20-13(9-21(17,18)10-15)12-6-4-3-5-7-12/h3-9H,10H2,1-2H3/b11-8?,13-9+. The lowest BCUT2D eigenvalue weighted by atomic mass is 10.2. The van der Waals surface area contributed by atoms with Gasteiger partial charge in [0.15, 0.2) is 9.84 Å². The first kappa shape index (κ1) is 17.5. The van der Waals surface area contributed by atoms with E-state index in [0.29, 0.717) is 5.56 Å². The van der Waals surface area contributed by atoms with Gasteiger partial charge in [0, 0.05) is 5.56 Å². The summed E-state index contributed by atoms with van der Waals surface area (Å²) in [5, 5.41) is 1.02. The number of carbonyl (C=O) groups is 1. The highest BCUT2D eigenvalue weighted by molar-refractivity contribution is 9.10. The van der Waals surface area contributed by atoms with Gasteiger partial charge in [-0.3, -0.25) is 0 Å². The molecule has 0 N–H and O–H groups in total. The lowest BCUT2D eigenvalue weighted by Crippen LogP contribution is -2.02. The fourth-order valence-corrected chi connectivity index (χ4v) is 2.35. The van der Waals surface area contributed by atoms with Crippen molar-refractivity contribution in [2.45, 2.75) is 6.92 Å². The Labute approximate surface area is 132 Å². The van der Waals surface area contributed by atoms with Crippen molar-refractivity contribution in [1.29, 1.82) is 0 Å². The lowest BCUT2D eigenvalue weighted by Gasteiger charge is -2.10. The van der Waals surface area contributed by atoms with Crippen molar-refractivity contribution in [1.82, 2.24) is 0 Å². The molecule has 0 aliphatic carbocycles. The van der Waals surface area contributed by atoms with Gasteiger partial charge in [-0.05, 0) is 6.92 Å². The van der Waals surface area contributed by atoms with Crippen molar-refractivity contribution in [3.05, 3.63) is 53.1 Å². The number of halogens is 1. The maximum absolute atomic E-state index is 11.7. The molecule has 7 heteroatoms. The van der Waals surface area contributed by atoms with Gasteiger partial charge in [-0.15, -0.1) is 0 Å². The number of rotatable bonds is 6. The number of carbonyl (C=O) groups excluding carboxylic acids is 1. The summed E-state index contributed by atoms with van der Waals surface area (Å²) in [7, 11) is -2.21. The van der Waals surface area contributed by atoms with Crippen LogP contribution in [0.3, 0.4) is 0 Å². The summed E-state index contributed by atoms with van der Waals surface area (Å²) in [4.78, 5) is 11.2. The highest BCUT2D eigenvalue weighted by atomic mass is 79.9. The van der Waals surface area contributed by atoms with E-state index in [1.165, 1.54) is 14.0 Å². The third kappa shape index (κ3) is 6.14. The van der Waals surface area contributed by atoms with Crippen molar-refractivity contribution in [2.75, 3.05) is 11.8 Å². The number of ether oxygens (including phenoxy) is 2. The Morgan fingerprint density at radius 1 is 1.29 bits per heavy atom. The fourth-order valence-electron chi connectivity index (χ4n) is 1.38. The van der Waals surface area contributed by atoms with E-state index in [-0.39, 0.29) is 16.2 Å². The van der Waals surface area contributed by atoms with Gasteiger partial charge in [0.05, 0.1) is 18.6 Å². The highest BCUT2D eigenvalue weighted by Crippen LogP contribution is 2.21. The van der Waals surface area contributed by atoms with Crippen LogP contribution in [0.5, 0.6) is 0 Å². The van der Waals surface area contributed by atoms with Gasteiger partial charge in [-0.1, -0.05) is 46.3 Å². The SMILES string of the molecule is COC(=O)C=C(C)O/C(=C/S(=O)(=O)CBr)c1ccccc1. The van der Waals surface area contributed by atoms with Crippen LogP contribution in [0.4, 0.5) is 0 Å². The fraction of sp³-hybridized carbons (Fsp3) is 0.214. The molecular weight excluding hydrogens is 360 g/mol. The minimum Gasteiger partial charge on any atom is -0.466 e. The third-order valence-corrected chi connectivity index (χ3v) is 5.08. The topological polar surface area (TPSA) is 69.7 Å². The second-order valence-electron chi connectivity index (χ2n) is 4.00. The quantitative estimate of drug-likeness (QED) is 0.331. The average molecular weight is 375 g/mol. The Balaban J connectivity index is 3.16. The monoisotopic (exact) mass is 374 g/mol. The van der Waals surface area contributed by atoms with Crippen LogP contribution in [0, 0.1) is 0 Å². The van der Waals surface area contributed by atoms with Crippen molar-refractivity contribution in [2.24, 2.45) is 0 Å². The van der Waals surface area contributed by atoms with Gasteiger partial charge < -0.3 is 9.47 Å². The second-order valence-corrected chi connectivity index (χ2v) is 7.15. The summed E-state index contributed by atoms with van der Waals surface area (Å²) in [6.45, 7) is 1.54. The molecule has 0 aliphatic rings. The Morgan fingerprint density at radius 2 is 1.90 bits per heavy atom. The molecule has 0 radical (unpaired) electrons. The van der Waals surface area contributed by atoms with E-state index in [9.17, 15) is 13.2 Å². The van der Waals surface area contributed by atoms with Gasteiger partial charge in [-0.2, -0.15) is 0 Å². The van der Waals surface area contributed by atoms with Crippen LogP contribution in [0.25, 0.3) is 5.76 Å². The van der Waals surface area contributed by atoms with Gasteiger partial charge in [0.1, 0.15) is 16.2 Å². The zero-order valence-corrected chi connectivity index (χ0v) is 14.0. The molecule has 1 rings (SSSR count). The number of sulfone groups is 1. The van der Waals surface area contributed by atoms with Crippen molar-refractivity contribution >= 4 is 37.5 Å². The molecule has 0 bridgehead atoms. The summed E-state index contributed by atoms with van der Waals surface area (Å²) < 4.78 is 33.2. The van der Waals surface area contributed by atoms with Gasteiger partial charge in [-0.25, -0.2) is 13.2 Å². The Hall–Kier alpha value is -1.60.